The Morgan fingerprint density at radius 3 is 2.22 bits per heavy atom. The molecule has 7 heteroatoms. The average molecular weight is 358 g/mol. The molecule has 0 N–H and O–H groups in total. The highest BCUT2D eigenvalue weighted by atomic mass is 16.3. The van der Waals surface area contributed by atoms with E-state index in [1.54, 1.807) is 6.26 Å². The number of hydrogen-bond acceptors (Lipinski definition) is 7. The smallest absolute Gasteiger partial charge is 0.154 e. The maximum absolute atomic E-state index is 5.36. The molecule has 4 heterocycles. The predicted octanol–water partition coefficient (Wildman–Crippen LogP) is 3.01. The van der Waals surface area contributed by atoms with Crippen molar-refractivity contribution in [1.82, 2.24) is 20.2 Å². The lowest BCUT2D eigenvalue weighted by atomic mass is 10.2. The van der Waals surface area contributed by atoms with E-state index in [-0.39, 0.29) is 0 Å². The van der Waals surface area contributed by atoms with Crippen LogP contribution in [-0.4, -0.2) is 46.3 Å². The summed E-state index contributed by atoms with van der Waals surface area (Å²) in [5, 5.41) is 8.65. The molecular formula is C20H18N6O. The fourth-order valence-electron chi connectivity index (χ4n) is 3.31. The molecule has 1 aromatic carbocycles. The van der Waals surface area contributed by atoms with Gasteiger partial charge in [-0.15, -0.1) is 10.2 Å². The molecule has 27 heavy (non-hydrogen) atoms. The second-order valence-electron chi connectivity index (χ2n) is 6.45. The largest absolute Gasteiger partial charge is 0.463 e. The van der Waals surface area contributed by atoms with Crippen molar-refractivity contribution < 1.29 is 4.42 Å². The fraction of sp³-hybridized carbons (Fsp3) is 0.200. The number of furan rings is 1. The molecule has 5 rings (SSSR count). The normalized spacial score (nSPS) is 14.7. The van der Waals surface area contributed by atoms with Crippen LogP contribution in [-0.2, 0) is 0 Å². The van der Waals surface area contributed by atoms with E-state index in [4.69, 9.17) is 9.40 Å². The van der Waals surface area contributed by atoms with Crippen LogP contribution in [0.1, 0.15) is 0 Å². The van der Waals surface area contributed by atoms with Gasteiger partial charge in [0.25, 0.3) is 0 Å². The average Bonchev–Trinajstić information content (AvgIpc) is 3.29. The molecule has 1 aliphatic heterocycles. The zero-order valence-corrected chi connectivity index (χ0v) is 14.7. The van der Waals surface area contributed by atoms with Crippen molar-refractivity contribution in [3.05, 3.63) is 61.0 Å². The van der Waals surface area contributed by atoms with Crippen LogP contribution in [0.25, 0.3) is 22.5 Å². The van der Waals surface area contributed by atoms with Crippen molar-refractivity contribution in [2.45, 2.75) is 0 Å². The van der Waals surface area contributed by atoms with E-state index in [9.17, 15) is 0 Å². The van der Waals surface area contributed by atoms with Crippen molar-refractivity contribution in [2.75, 3.05) is 36.0 Å². The number of anilines is 2. The van der Waals surface area contributed by atoms with E-state index in [2.05, 4.69) is 25.0 Å². The van der Waals surface area contributed by atoms with Gasteiger partial charge >= 0.3 is 0 Å². The van der Waals surface area contributed by atoms with Crippen molar-refractivity contribution in [2.24, 2.45) is 0 Å². The molecular weight excluding hydrogens is 340 g/mol. The van der Waals surface area contributed by atoms with E-state index in [0.717, 1.165) is 60.3 Å². The van der Waals surface area contributed by atoms with E-state index >= 15 is 0 Å². The minimum absolute atomic E-state index is 0.730. The molecule has 1 saturated heterocycles. The molecule has 3 aromatic heterocycles. The minimum atomic E-state index is 0.730. The van der Waals surface area contributed by atoms with Gasteiger partial charge < -0.3 is 14.2 Å². The Kier molecular flexibility index (Phi) is 3.90. The molecule has 0 amide bonds. The van der Waals surface area contributed by atoms with Gasteiger partial charge in [0.05, 0.1) is 23.5 Å². The summed E-state index contributed by atoms with van der Waals surface area (Å²) in [6.07, 6.45) is 3.50. The van der Waals surface area contributed by atoms with Crippen LogP contribution in [0.15, 0.2) is 65.4 Å². The highest BCUT2D eigenvalue weighted by molar-refractivity contribution is 5.75. The molecule has 0 bridgehead atoms. The zero-order valence-electron chi connectivity index (χ0n) is 14.7. The third kappa shape index (κ3) is 3.08. The van der Waals surface area contributed by atoms with Crippen LogP contribution in [0, 0.1) is 0 Å². The van der Waals surface area contributed by atoms with Crippen molar-refractivity contribution in [1.29, 1.82) is 0 Å². The Morgan fingerprint density at radius 1 is 0.741 bits per heavy atom. The third-order valence-electron chi connectivity index (χ3n) is 4.79. The van der Waals surface area contributed by atoms with Gasteiger partial charge in [0, 0.05) is 26.2 Å². The fourth-order valence-corrected chi connectivity index (χ4v) is 3.31. The second kappa shape index (κ2) is 6.68. The van der Waals surface area contributed by atoms with Gasteiger partial charge in [0.2, 0.25) is 0 Å². The SMILES string of the molecule is c1coc(-c2ccc(N3CCN(c4cnc5ccccc5n4)CC3)nn2)c1. The standard InChI is InChI=1S/C20H18N6O/c1-2-5-16-15(4-1)21-14-20(22-16)26-11-9-25(10-12-26)19-8-7-17(23-24-19)18-6-3-13-27-18/h1-8,13-14H,9-12H2. The molecule has 1 aliphatic rings. The predicted molar refractivity (Wildman–Crippen MR) is 104 cm³/mol. The molecule has 0 spiro atoms. The summed E-state index contributed by atoms with van der Waals surface area (Å²) >= 11 is 0. The summed E-state index contributed by atoms with van der Waals surface area (Å²) < 4.78 is 5.36. The second-order valence-corrected chi connectivity index (χ2v) is 6.45. The highest BCUT2D eigenvalue weighted by Crippen LogP contribution is 2.21. The van der Waals surface area contributed by atoms with Crippen LogP contribution >= 0.6 is 0 Å². The van der Waals surface area contributed by atoms with Gasteiger partial charge in [0.1, 0.15) is 11.5 Å². The molecule has 0 aliphatic carbocycles. The Bertz CT molecular complexity index is 1040. The molecule has 134 valence electrons. The summed E-state index contributed by atoms with van der Waals surface area (Å²) in [6, 6.07) is 15.6. The number of aromatic nitrogens is 4. The summed E-state index contributed by atoms with van der Waals surface area (Å²) in [7, 11) is 0. The van der Waals surface area contributed by atoms with Crippen LogP contribution in [0.2, 0.25) is 0 Å². The summed E-state index contributed by atoms with van der Waals surface area (Å²) in [5.41, 5.74) is 2.59. The van der Waals surface area contributed by atoms with Crippen molar-refractivity contribution in [3.8, 4) is 11.5 Å². The maximum Gasteiger partial charge on any atom is 0.154 e. The van der Waals surface area contributed by atoms with E-state index in [0.29, 0.717) is 0 Å². The lowest BCUT2D eigenvalue weighted by Gasteiger charge is -2.35. The molecule has 7 nitrogen and oxygen atoms in total. The quantitative estimate of drug-likeness (QED) is 0.557. The summed E-state index contributed by atoms with van der Waals surface area (Å²) in [6.45, 7) is 3.47. The van der Waals surface area contributed by atoms with Gasteiger partial charge in [-0.2, -0.15) is 0 Å². The van der Waals surface area contributed by atoms with Gasteiger partial charge in [-0.05, 0) is 36.4 Å². The first kappa shape index (κ1) is 15.7. The Hall–Kier alpha value is -3.48. The van der Waals surface area contributed by atoms with Crippen LogP contribution in [0.5, 0.6) is 0 Å². The molecule has 1 fully saturated rings. The van der Waals surface area contributed by atoms with Gasteiger partial charge in [-0.25, -0.2) is 4.98 Å². The molecule has 0 radical (unpaired) electrons. The first-order chi connectivity index (χ1) is 13.4. The number of benzene rings is 1. The number of para-hydroxylation sites is 2. The number of hydrogen-bond donors (Lipinski definition) is 0. The first-order valence-electron chi connectivity index (χ1n) is 8.96. The lowest BCUT2D eigenvalue weighted by Crippen LogP contribution is -2.47. The van der Waals surface area contributed by atoms with Crippen LogP contribution in [0.3, 0.4) is 0 Å². The first-order valence-corrected chi connectivity index (χ1v) is 8.96. The molecule has 4 aromatic rings. The Balaban J connectivity index is 1.28. The number of rotatable bonds is 3. The maximum atomic E-state index is 5.36. The summed E-state index contributed by atoms with van der Waals surface area (Å²) in [5.74, 6) is 2.54. The number of nitrogens with zero attached hydrogens (tertiary/aromatic N) is 6. The van der Waals surface area contributed by atoms with Crippen LogP contribution < -0.4 is 9.80 Å². The number of fused-ring (bicyclic) bond motifs is 1. The highest BCUT2D eigenvalue weighted by Gasteiger charge is 2.20. The van der Waals surface area contributed by atoms with Crippen molar-refractivity contribution in [3.63, 3.8) is 0 Å². The van der Waals surface area contributed by atoms with Gasteiger partial charge in [0.15, 0.2) is 11.6 Å². The van der Waals surface area contributed by atoms with E-state index in [1.807, 2.05) is 54.7 Å². The Labute approximate surface area is 156 Å². The van der Waals surface area contributed by atoms with Gasteiger partial charge in [-0.3, -0.25) is 4.98 Å². The lowest BCUT2D eigenvalue weighted by molar-refractivity contribution is 0.578. The zero-order chi connectivity index (χ0) is 18.1. The van der Waals surface area contributed by atoms with Crippen molar-refractivity contribution >= 4 is 22.7 Å². The topological polar surface area (TPSA) is 71.2 Å². The third-order valence-corrected chi connectivity index (χ3v) is 4.79. The minimum Gasteiger partial charge on any atom is -0.463 e. The Morgan fingerprint density at radius 2 is 1.52 bits per heavy atom. The molecule has 0 unspecified atom stereocenters. The molecule has 0 atom stereocenters. The summed E-state index contributed by atoms with van der Waals surface area (Å²) in [4.78, 5) is 13.8. The number of piperazine rings is 1. The monoisotopic (exact) mass is 358 g/mol. The van der Waals surface area contributed by atoms with E-state index in [1.165, 1.54) is 0 Å². The molecule has 0 saturated carbocycles. The van der Waals surface area contributed by atoms with Crippen LogP contribution in [0.4, 0.5) is 11.6 Å². The van der Waals surface area contributed by atoms with Gasteiger partial charge in [-0.1, -0.05) is 12.1 Å². The van der Waals surface area contributed by atoms with E-state index < -0.39 is 0 Å².